The minimum absolute atomic E-state index is 0.0741. The minimum Gasteiger partial charge on any atom is -0.481 e. The van der Waals surface area contributed by atoms with Crippen LogP contribution < -0.4 is 5.32 Å². The highest BCUT2D eigenvalue weighted by Gasteiger charge is 2.31. The molecule has 4 nitrogen and oxygen atoms in total. The van der Waals surface area contributed by atoms with Crippen molar-refractivity contribution in [3.05, 3.63) is 35.4 Å². The third-order valence-corrected chi connectivity index (χ3v) is 3.67. The molecule has 1 atom stereocenters. The Morgan fingerprint density at radius 1 is 1.25 bits per heavy atom. The minimum atomic E-state index is -4.42. The number of carboxylic acids is 1. The summed E-state index contributed by atoms with van der Waals surface area (Å²) >= 11 is 0. The van der Waals surface area contributed by atoms with Crippen molar-refractivity contribution in [2.75, 3.05) is 0 Å². The number of benzene rings is 1. The third-order valence-electron chi connectivity index (χ3n) is 3.67. The van der Waals surface area contributed by atoms with E-state index in [1.807, 2.05) is 0 Å². The van der Waals surface area contributed by atoms with Crippen LogP contribution in [0, 0.1) is 5.92 Å². The fourth-order valence-electron chi connectivity index (χ4n) is 2.26. The molecule has 134 valence electrons. The van der Waals surface area contributed by atoms with E-state index in [-0.39, 0.29) is 25.2 Å². The summed E-state index contributed by atoms with van der Waals surface area (Å²) in [6, 6.07) is 4.90. The van der Waals surface area contributed by atoms with Gasteiger partial charge >= 0.3 is 12.1 Å². The predicted molar refractivity (Wildman–Crippen MR) is 83.4 cm³/mol. The van der Waals surface area contributed by atoms with E-state index in [2.05, 4.69) is 5.32 Å². The number of nitrogens with one attached hydrogen (secondary N) is 1. The number of halogens is 3. The summed E-state index contributed by atoms with van der Waals surface area (Å²) in [7, 11) is 0. The number of carbonyl (C=O) groups excluding carboxylic acids is 1. The Labute approximate surface area is 139 Å². The monoisotopic (exact) mass is 345 g/mol. The molecule has 0 bridgehead atoms. The lowest BCUT2D eigenvalue weighted by atomic mass is 9.94. The second kappa shape index (κ2) is 7.68. The maximum absolute atomic E-state index is 12.7. The molecule has 0 heterocycles. The molecule has 0 saturated carbocycles. The number of amides is 1. The van der Waals surface area contributed by atoms with E-state index in [1.54, 1.807) is 26.8 Å². The summed E-state index contributed by atoms with van der Waals surface area (Å²) in [4.78, 5) is 22.8. The summed E-state index contributed by atoms with van der Waals surface area (Å²) in [6.07, 6.45) is -4.05. The first-order valence-electron chi connectivity index (χ1n) is 7.61. The van der Waals surface area contributed by atoms with Crippen LogP contribution in [0.3, 0.4) is 0 Å². The Balaban J connectivity index is 2.69. The fraction of sp³-hybridized carbons (Fsp3) is 0.529. The van der Waals surface area contributed by atoms with Gasteiger partial charge in [0, 0.05) is 17.9 Å². The molecule has 0 aromatic heterocycles. The van der Waals surface area contributed by atoms with E-state index in [1.165, 1.54) is 6.07 Å². The molecule has 0 aliphatic heterocycles. The number of aliphatic carboxylic acids is 1. The molecule has 1 amide bonds. The second-order valence-corrected chi connectivity index (χ2v) is 6.57. The highest BCUT2D eigenvalue weighted by Crippen LogP contribution is 2.30. The van der Waals surface area contributed by atoms with Crippen LogP contribution in [0.15, 0.2) is 24.3 Å². The SMILES string of the molecule is CC(Cc1cccc(C(F)(F)F)c1)C(=O)NC(C)(C)CCC(=O)O. The van der Waals surface area contributed by atoms with E-state index >= 15 is 0 Å². The van der Waals surface area contributed by atoms with Gasteiger partial charge in [0.2, 0.25) is 5.91 Å². The van der Waals surface area contributed by atoms with Crippen molar-refractivity contribution >= 4 is 11.9 Å². The van der Waals surface area contributed by atoms with Crippen molar-refractivity contribution in [1.29, 1.82) is 0 Å². The van der Waals surface area contributed by atoms with Crippen LogP contribution in [0.25, 0.3) is 0 Å². The molecule has 0 spiro atoms. The zero-order valence-electron chi connectivity index (χ0n) is 13.9. The van der Waals surface area contributed by atoms with E-state index in [4.69, 9.17) is 5.11 Å². The Bertz CT molecular complexity index is 597. The molecule has 24 heavy (non-hydrogen) atoms. The van der Waals surface area contributed by atoms with Gasteiger partial charge in [-0.25, -0.2) is 0 Å². The van der Waals surface area contributed by atoms with Crippen molar-refractivity contribution in [3.63, 3.8) is 0 Å². The van der Waals surface area contributed by atoms with Crippen molar-refractivity contribution in [2.45, 2.75) is 51.7 Å². The lowest BCUT2D eigenvalue weighted by Gasteiger charge is -2.27. The van der Waals surface area contributed by atoms with Gasteiger partial charge in [0.1, 0.15) is 0 Å². The molecule has 1 rings (SSSR count). The Hall–Kier alpha value is -2.05. The first-order valence-corrected chi connectivity index (χ1v) is 7.61. The van der Waals surface area contributed by atoms with Gasteiger partial charge in [-0.1, -0.05) is 25.1 Å². The highest BCUT2D eigenvalue weighted by molar-refractivity contribution is 5.79. The van der Waals surface area contributed by atoms with Crippen molar-refractivity contribution in [3.8, 4) is 0 Å². The van der Waals surface area contributed by atoms with Crippen molar-refractivity contribution in [2.24, 2.45) is 5.92 Å². The quantitative estimate of drug-likeness (QED) is 0.793. The van der Waals surface area contributed by atoms with Crippen LogP contribution in [-0.2, 0) is 22.2 Å². The summed E-state index contributed by atoms with van der Waals surface area (Å²) in [6.45, 7) is 5.05. The third kappa shape index (κ3) is 6.60. The Kier molecular flexibility index (Phi) is 6.40. The van der Waals surface area contributed by atoms with Gasteiger partial charge in [0.15, 0.2) is 0 Å². The molecule has 2 N–H and O–H groups in total. The van der Waals surface area contributed by atoms with Gasteiger partial charge in [-0.2, -0.15) is 13.2 Å². The van der Waals surface area contributed by atoms with Crippen LogP contribution in [0.1, 0.15) is 44.7 Å². The molecule has 0 radical (unpaired) electrons. The molecular formula is C17H22F3NO3. The van der Waals surface area contributed by atoms with E-state index in [9.17, 15) is 22.8 Å². The number of carboxylic acid groups (broad SMARTS) is 1. The number of hydrogen-bond donors (Lipinski definition) is 2. The summed E-state index contributed by atoms with van der Waals surface area (Å²) < 4.78 is 38.1. The number of alkyl halides is 3. The van der Waals surface area contributed by atoms with Gasteiger partial charge in [-0.15, -0.1) is 0 Å². The summed E-state index contributed by atoms with van der Waals surface area (Å²) in [5, 5.41) is 11.5. The molecule has 0 aliphatic carbocycles. The molecule has 1 unspecified atom stereocenters. The molecule has 1 aromatic carbocycles. The van der Waals surface area contributed by atoms with Crippen LogP contribution in [0.2, 0.25) is 0 Å². The van der Waals surface area contributed by atoms with Crippen LogP contribution in [0.4, 0.5) is 13.2 Å². The average Bonchev–Trinajstić information content (AvgIpc) is 2.44. The number of rotatable bonds is 7. The first-order chi connectivity index (χ1) is 10.9. The number of carbonyl (C=O) groups is 2. The molecule has 0 fully saturated rings. The fourth-order valence-corrected chi connectivity index (χ4v) is 2.26. The van der Waals surface area contributed by atoms with Crippen LogP contribution >= 0.6 is 0 Å². The van der Waals surface area contributed by atoms with E-state index in [0.29, 0.717) is 5.56 Å². The smallest absolute Gasteiger partial charge is 0.416 e. The average molecular weight is 345 g/mol. The molecule has 0 aliphatic rings. The zero-order chi connectivity index (χ0) is 18.5. The maximum Gasteiger partial charge on any atom is 0.416 e. The van der Waals surface area contributed by atoms with Gasteiger partial charge in [-0.3, -0.25) is 9.59 Å². The van der Waals surface area contributed by atoms with E-state index < -0.39 is 29.2 Å². The van der Waals surface area contributed by atoms with Gasteiger partial charge in [0.05, 0.1) is 5.56 Å². The van der Waals surface area contributed by atoms with Crippen molar-refractivity contribution < 1.29 is 27.9 Å². The lowest BCUT2D eigenvalue weighted by Crippen LogP contribution is -2.46. The Morgan fingerprint density at radius 2 is 1.88 bits per heavy atom. The van der Waals surface area contributed by atoms with Gasteiger partial charge in [0.25, 0.3) is 0 Å². The van der Waals surface area contributed by atoms with Crippen molar-refractivity contribution in [1.82, 2.24) is 5.32 Å². The topological polar surface area (TPSA) is 66.4 Å². The lowest BCUT2D eigenvalue weighted by molar-refractivity contribution is -0.138. The highest BCUT2D eigenvalue weighted by atomic mass is 19.4. The van der Waals surface area contributed by atoms with Gasteiger partial charge in [-0.05, 0) is 38.3 Å². The molecule has 7 heteroatoms. The second-order valence-electron chi connectivity index (χ2n) is 6.57. The van der Waals surface area contributed by atoms with Crippen LogP contribution in [0.5, 0.6) is 0 Å². The zero-order valence-corrected chi connectivity index (χ0v) is 13.9. The maximum atomic E-state index is 12.7. The van der Waals surface area contributed by atoms with Gasteiger partial charge < -0.3 is 10.4 Å². The molecule has 1 aromatic rings. The summed E-state index contributed by atoms with van der Waals surface area (Å²) in [5.74, 6) is -1.80. The molecular weight excluding hydrogens is 323 g/mol. The van der Waals surface area contributed by atoms with E-state index in [0.717, 1.165) is 12.1 Å². The first kappa shape index (κ1) is 20.0. The number of hydrogen-bond acceptors (Lipinski definition) is 2. The predicted octanol–water partition coefficient (Wildman–Crippen LogP) is 3.64. The summed E-state index contributed by atoms with van der Waals surface area (Å²) in [5.41, 5.74) is -1.01. The Morgan fingerprint density at radius 3 is 2.42 bits per heavy atom. The normalized spacial score (nSPS) is 13.4. The largest absolute Gasteiger partial charge is 0.481 e. The molecule has 0 saturated heterocycles. The standard InChI is InChI=1S/C17H22F3NO3/c1-11(15(24)21-16(2,3)8-7-14(22)23)9-12-5-4-6-13(10-12)17(18,19)20/h4-6,10-11H,7-9H2,1-3H3,(H,21,24)(H,22,23). The van der Waals surface area contributed by atoms with Crippen LogP contribution in [-0.4, -0.2) is 22.5 Å².